The van der Waals surface area contributed by atoms with Crippen molar-refractivity contribution >= 4 is 45.4 Å². The third-order valence-electron chi connectivity index (χ3n) is 2.57. The number of aromatic nitrogens is 1. The van der Waals surface area contributed by atoms with Crippen molar-refractivity contribution in [3.63, 3.8) is 0 Å². The van der Waals surface area contributed by atoms with E-state index in [0.717, 1.165) is 28.5 Å². The monoisotopic (exact) mass is 313 g/mol. The number of nitrogens with one attached hydrogen (secondary N) is 1. The summed E-state index contributed by atoms with van der Waals surface area (Å²) < 4.78 is 0. The van der Waals surface area contributed by atoms with Gasteiger partial charge in [0, 0.05) is 21.7 Å². The second-order valence-electron chi connectivity index (χ2n) is 3.97. The third-order valence-corrected chi connectivity index (χ3v) is 3.86. The molecular weight excluding hydrogens is 301 g/mol. The number of hydrogen-bond acceptors (Lipinski definition) is 4. The Morgan fingerprint density at radius 2 is 2.21 bits per heavy atom. The van der Waals surface area contributed by atoms with Crippen molar-refractivity contribution in [1.82, 2.24) is 4.98 Å². The number of halogens is 2. The van der Waals surface area contributed by atoms with E-state index in [1.54, 1.807) is 12.1 Å². The van der Waals surface area contributed by atoms with E-state index in [1.165, 1.54) is 11.3 Å². The molecule has 2 rings (SSSR count). The maximum atomic E-state index is 6.16. The lowest BCUT2D eigenvalue weighted by atomic mass is 10.2. The molecule has 0 aliphatic heterocycles. The fraction of sp³-hybridized carbons (Fsp3) is 0.231. The smallest absolute Gasteiger partial charge is 0.203 e. The summed E-state index contributed by atoms with van der Waals surface area (Å²) >= 11 is 13.5. The first-order chi connectivity index (χ1) is 9.10. The van der Waals surface area contributed by atoms with Crippen LogP contribution in [0.1, 0.15) is 20.3 Å². The Labute approximate surface area is 126 Å². The van der Waals surface area contributed by atoms with E-state index >= 15 is 0 Å². The molecule has 0 unspecified atom stereocenters. The molecular formula is C13H13Cl2N3S. The summed E-state index contributed by atoms with van der Waals surface area (Å²) in [6.07, 6.45) is 0.911. The first kappa shape index (κ1) is 14.3. The molecule has 2 aromatic rings. The number of hydrazone groups is 1. The molecule has 19 heavy (non-hydrogen) atoms. The predicted molar refractivity (Wildman–Crippen MR) is 84.6 cm³/mol. The van der Waals surface area contributed by atoms with E-state index < -0.39 is 0 Å². The Hall–Kier alpha value is -1.10. The Morgan fingerprint density at radius 1 is 1.42 bits per heavy atom. The first-order valence-corrected chi connectivity index (χ1v) is 7.44. The number of benzene rings is 1. The molecule has 0 aliphatic carbocycles. The lowest BCUT2D eigenvalue weighted by Gasteiger charge is -2.01. The molecule has 0 saturated heterocycles. The number of rotatable bonds is 4. The summed E-state index contributed by atoms with van der Waals surface area (Å²) in [5.41, 5.74) is 5.66. The van der Waals surface area contributed by atoms with Gasteiger partial charge in [-0.05, 0) is 31.5 Å². The summed E-state index contributed by atoms with van der Waals surface area (Å²) in [7, 11) is 0. The van der Waals surface area contributed by atoms with Gasteiger partial charge in [0.2, 0.25) is 5.13 Å². The highest BCUT2D eigenvalue weighted by atomic mass is 35.5. The highest BCUT2D eigenvalue weighted by Gasteiger charge is 2.08. The van der Waals surface area contributed by atoms with Crippen molar-refractivity contribution in [2.75, 3.05) is 5.43 Å². The number of nitrogens with zero attached hydrogens (tertiary/aromatic N) is 2. The van der Waals surface area contributed by atoms with E-state index in [4.69, 9.17) is 23.2 Å². The zero-order valence-electron chi connectivity index (χ0n) is 10.6. The van der Waals surface area contributed by atoms with Crippen LogP contribution in [0.15, 0.2) is 28.7 Å². The van der Waals surface area contributed by atoms with Crippen LogP contribution in [0.25, 0.3) is 11.3 Å². The molecule has 0 aliphatic rings. The van der Waals surface area contributed by atoms with Gasteiger partial charge in [-0.3, -0.25) is 5.43 Å². The lowest BCUT2D eigenvalue weighted by Crippen LogP contribution is -1.95. The van der Waals surface area contributed by atoms with Gasteiger partial charge in [-0.15, -0.1) is 11.3 Å². The van der Waals surface area contributed by atoms with Gasteiger partial charge in [0.15, 0.2) is 0 Å². The molecule has 0 saturated carbocycles. The van der Waals surface area contributed by atoms with Gasteiger partial charge in [-0.2, -0.15) is 5.10 Å². The number of hydrogen-bond donors (Lipinski definition) is 1. The third kappa shape index (κ3) is 3.69. The van der Waals surface area contributed by atoms with E-state index in [1.807, 2.05) is 18.4 Å². The van der Waals surface area contributed by atoms with Gasteiger partial charge in [-0.25, -0.2) is 4.98 Å². The van der Waals surface area contributed by atoms with Gasteiger partial charge in [-0.1, -0.05) is 30.1 Å². The molecule has 6 heteroatoms. The molecule has 1 aromatic heterocycles. The minimum Gasteiger partial charge on any atom is -0.253 e. The van der Waals surface area contributed by atoms with Crippen LogP contribution in [0.5, 0.6) is 0 Å². The van der Waals surface area contributed by atoms with Crippen molar-refractivity contribution in [3.05, 3.63) is 33.6 Å². The maximum Gasteiger partial charge on any atom is 0.203 e. The van der Waals surface area contributed by atoms with Crippen LogP contribution in [-0.4, -0.2) is 10.7 Å². The molecule has 1 aromatic carbocycles. The Bertz CT molecular complexity index is 608. The van der Waals surface area contributed by atoms with Crippen LogP contribution >= 0.6 is 34.5 Å². The standard InChI is InChI=1S/C13H13Cl2N3S/c1-3-8(2)17-18-13-16-12(7-19-13)10-5-4-9(14)6-11(10)15/h4-7H,3H2,1-2H3,(H,16,18)/b17-8+. The maximum absolute atomic E-state index is 6.16. The summed E-state index contributed by atoms with van der Waals surface area (Å²) in [5, 5.41) is 8.11. The summed E-state index contributed by atoms with van der Waals surface area (Å²) in [6.45, 7) is 4.03. The van der Waals surface area contributed by atoms with Crippen molar-refractivity contribution < 1.29 is 0 Å². The SMILES string of the molecule is CC/C(C)=N/Nc1nc(-c2ccc(Cl)cc2Cl)cs1. The summed E-state index contributed by atoms with van der Waals surface area (Å²) in [4.78, 5) is 4.45. The summed E-state index contributed by atoms with van der Waals surface area (Å²) in [6, 6.07) is 5.38. The topological polar surface area (TPSA) is 37.3 Å². The molecule has 0 radical (unpaired) electrons. The Kier molecular flexibility index (Phi) is 4.80. The lowest BCUT2D eigenvalue weighted by molar-refractivity contribution is 1.20. The number of anilines is 1. The van der Waals surface area contributed by atoms with E-state index in [-0.39, 0.29) is 0 Å². The quantitative estimate of drug-likeness (QED) is 0.613. The molecule has 0 atom stereocenters. The molecule has 0 spiro atoms. The molecule has 1 heterocycles. The fourth-order valence-corrected chi connectivity index (χ4v) is 2.53. The van der Waals surface area contributed by atoms with Crippen molar-refractivity contribution in [2.24, 2.45) is 5.10 Å². The fourth-order valence-electron chi connectivity index (χ4n) is 1.37. The van der Waals surface area contributed by atoms with Gasteiger partial charge >= 0.3 is 0 Å². The Morgan fingerprint density at radius 3 is 2.89 bits per heavy atom. The van der Waals surface area contributed by atoms with Crippen molar-refractivity contribution in [2.45, 2.75) is 20.3 Å². The van der Waals surface area contributed by atoms with E-state index in [2.05, 4.69) is 22.4 Å². The van der Waals surface area contributed by atoms with Crippen LogP contribution < -0.4 is 5.43 Å². The van der Waals surface area contributed by atoms with Gasteiger partial charge in [0.1, 0.15) is 0 Å². The van der Waals surface area contributed by atoms with Gasteiger partial charge in [0.25, 0.3) is 0 Å². The highest BCUT2D eigenvalue weighted by molar-refractivity contribution is 7.14. The van der Waals surface area contributed by atoms with Crippen molar-refractivity contribution in [1.29, 1.82) is 0 Å². The van der Waals surface area contributed by atoms with Crippen molar-refractivity contribution in [3.8, 4) is 11.3 Å². The molecule has 1 N–H and O–H groups in total. The minimum absolute atomic E-state index is 0.595. The van der Waals surface area contributed by atoms with Crippen LogP contribution in [0.4, 0.5) is 5.13 Å². The van der Waals surface area contributed by atoms with Crippen LogP contribution in [-0.2, 0) is 0 Å². The molecule has 0 amide bonds. The van der Waals surface area contributed by atoms with E-state index in [9.17, 15) is 0 Å². The van der Waals surface area contributed by atoms with E-state index in [0.29, 0.717) is 10.0 Å². The largest absolute Gasteiger partial charge is 0.253 e. The second-order valence-corrected chi connectivity index (χ2v) is 5.68. The second kappa shape index (κ2) is 6.37. The predicted octanol–water partition coefficient (Wildman–Crippen LogP) is 5.31. The minimum atomic E-state index is 0.595. The summed E-state index contributed by atoms with van der Waals surface area (Å²) in [5.74, 6) is 0. The molecule has 0 fully saturated rings. The van der Waals surface area contributed by atoms with Crippen LogP contribution in [0.2, 0.25) is 10.0 Å². The highest BCUT2D eigenvalue weighted by Crippen LogP contribution is 2.32. The average Bonchev–Trinajstić information content (AvgIpc) is 2.84. The Balaban J connectivity index is 2.21. The van der Waals surface area contributed by atoms with Crippen LogP contribution in [0.3, 0.4) is 0 Å². The molecule has 100 valence electrons. The first-order valence-electron chi connectivity index (χ1n) is 5.80. The average molecular weight is 314 g/mol. The molecule has 0 bridgehead atoms. The zero-order valence-corrected chi connectivity index (χ0v) is 12.9. The van der Waals surface area contributed by atoms with Crippen LogP contribution in [0, 0.1) is 0 Å². The van der Waals surface area contributed by atoms with Gasteiger partial charge in [0.05, 0.1) is 10.7 Å². The molecule has 3 nitrogen and oxygen atoms in total. The zero-order chi connectivity index (χ0) is 13.8. The number of thiazole rings is 1. The van der Waals surface area contributed by atoms with Gasteiger partial charge < -0.3 is 0 Å². The normalized spacial score (nSPS) is 11.7.